The third-order valence-electron chi connectivity index (χ3n) is 2.73. The van der Waals surface area contributed by atoms with Crippen molar-refractivity contribution in [2.24, 2.45) is 5.73 Å². The van der Waals surface area contributed by atoms with Gasteiger partial charge in [0.2, 0.25) is 0 Å². The molecule has 1 aromatic rings. The molecule has 0 bridgehead atoms. The van der Waals surface area contributed by atoms with Crippen LogP contribution < -0.4 is 5.73 Å². The van der Waals surface area contributed by atoms with Gasteiger partial charge >= 0.3 is 5.97 Å². The SMILES string of the molecule is CCOC(=O)C(C(C)=O)c1ccccc1C(C)N. The second-order valence-corrected chi connectivity index (χ2v) is 4.21. The summed E-state index contributed by atoms with van der Waals surface area (Å²) in [4.78, 5) is 23.6. The van der Waals surface area contributed by atoms with Gasteiger partial charge in [0.05, 0.1) is 6.61 Å². The summed E-state index contributed by atoms with van der Waals surface area (Å²) in [5.41, 5.74) is 7.30. The van der Waals surface area contributed by atoms with Gasteiger partial charge in [0, 0.05) is 6.04 Å². The van der Waals surface area contributed by atoms with E-state index in [-0.39, 0.29) is 18.4 Å². The van der Waals surface area contributed by atoms with E-state index in [1.54, 1.807) is 19.1 Å². The molecule has 0 radical (unpaired) electrons. The normalized spacial score (nSPS) is 13.8. The van der Waals surface area contributed by atoms with Gasteiger partial charge in [-0.3, -0.25) is 9.59 Å². The summed E-state index contributed by atoms with van der Waals surface area (Å²) in [5.74, 6) is -1.63. The number of carbonyl (C=O) groups is 2. The molecule has 0 saturated heterocycles. The van der Waals surface area contributed by atoms with Crippen LogP contribution in [0.5, 0.6) is 0 Å². The highest BCUT2D eigenvalue weighted by atomic mass is 16.5. The average molecular weight is 249 g/mol. The van der Waals surface area contributed by atoms with Crippen LogP contribution in [-0.4, -0.2) is 18.4 Å². The predicted octanol–water partition coefficient (Wildman–Crippen LogP) is 1.94. The minimum absolute atomic E-state index is 0.235. The van der Waals surface area contributed by atoms with E-state index in [0.29, 0.717) is 5.56 Å². The van der Waals surface area contributed by atoms with E-state index in [2.05, 4.69) is 0 Å². The standard InChI is InChI=1S/C14H19NO3/c1-4-18-14(17)13(10(3)16)12-8-6-5-7-11(12)9(2)15/h5-9,13H,4,15H2,1-3H3. The fraction of sp³-hybridized carbons (Fsp3) is 0.429. The van der Waals surface area contributed by atoms with Gasteiger partial charge in [-0.25, -0.2) is 0 Å². The monoisotopic (exact) mass is 249 g/mol. The molecule has 1 aromatic carbocycles. The van der Waals surface area contributed by atoms with Crippen molar-refractivity contribution in [2.45, 2.75) is 32.7 Å². The molecule has 0 aromatic heterocycles. The predicted molar refractivity (Wildman–Crippen MR) is 69.1 cm³/mol. The molecule has 4 heteroatoms. The first-order valence-electron chi connectivity index (χ1n) is 6.00. The lowest BCUT2D eigenvalue weighted by Gasteiger charge is -2.18. The summed E-state index contributed by atoms with van der Waals surface area (Å²) in [6.07, 6.45) is 0. The first-order valence-corrected chi connectivity index (χ1v) is 6.00. The maximum atomic E-state index is 11.9. The Kier molecular flexibility index (Phi) is 5.04. The zero-order valence-electron chi connectivity index (χ0n) is 11.0. The Morgan fingerprint density at radius 2 is 1.83 bits per heavy atom. The molecule has 18 heavy (non-hydrogen) atoms. The van der Waals surface area contributed by atoms with Crippen LogP contribution in [0.4, 0.5) is 0 Å². The van der Waals surface area contributed by atoms with Gasteiger partial charge in [0.15, 0.2) is 0 Å². The highest BCUT2D eigenvalue weighted by molar-refractivity contribution is 6.03. The van der Waals surface area contributed by atoms with Crippen molar-refractivity contribution in [3.8, 4) is 0 Å². The first-order chi connectivity index (χ1) is 8.49. The molecule has 0 spiro atoms. The molecule has 0 amide bonds. The minimum Gasteiger partial charge on any atom is -0.465 e. The molecular formula is C14H19NO3. The van der Waals surface area contributed by atoms with E-state index in [4.69, 9.17) is 10.5 Å². The lowest BCUT2D eigenvalue weighted by Crippen LogP contribution is -2.24. The van der Waals surface area contributed by atoms with Gasteiger partial charge in [-0.15, -0.1) is 0 Å². The van der Waals surface area contributed by atoms with E-state index in [1.165, 1.54) is 6.92 Å². The van der Waals surface area contributed by atoms with E-state index >= 15 is 0 Å². The number of nitrogens with two attached hydrogens (primary N) is 1. The molecule has 2 N–H and O–H groups in total. The molecule has 98 valence electrons. The van der Waals surface area contributed by atoms with Gasteiger partial charge in [-0.2, -0.15) is 0 Å². The summed E-state index contributed by atoms with van der Waals surface area (Å²) in [6.45, 7) is 5.18. The lowest BCUT2D eigenvalue weighted by atomic mass is 9.89. The van der Waals surface area contributed by atoms with Crippen molar-refractivity contribution in [3.05, 3.63) is 35.4 Å². The van der Waals surface area contributed by atoms with Gasteiger partial charge in [-0.1, -0.05) is 24.3 Å². The molecule has 0 aliphatic carbocycles. The lowest BCUT2D eigenvalue weighted by molar-refractivity contribution is -0.147. The smallest absolute Gasteiger partial charge is 0.321 e. The van der Waals surface area contributed by atoms with E-state index in [9.17, 15) is 9.59 Å². The Balaban J connectivity index is 3.22. The van der Waals surface area contributed by atoms with Crippen molar-refractivity contribution in [1.82, 2.24) is 0 Å². The van der Waals surface area contributed by atoms with Crippen molar-refractivity contribution in [2.75, 3.05) is 6.61 Å². The highest BCUT2D eigenvalue weighted by Crippen LogP contribution is 2.26. The number of carbonyl (C=O) groups excluding carboxylic acids is 2. The van der Waals surface area contributed by atoms with Crippen molar-refractivity contribution >= 4 is 11.8 Å². The average Bonchev–Trinajstić information content (AvgIpc) is 2.29. The maximum Gasteiger partial charge on any atom is 0.321 e. The quantitative estimate of drug-likeness (QED) is 0.639. The summed E-state index contributed by atoms with van der Waals surface area (Å²) >= 11 is 0. The van der Waals surface area contributed by atoms with Crippen LogP contribution in [0.25, 0.3) is 0 Å². The van der Waals surface area contributed by atoms with Gasteiger partial charge in [-0.05, 0) is 31.9 Å². The highest BCUT2D eigenvalue weighted by Gasteiger charge is 2.29. The molecule has 0 aliphatic rings. The first kappa shape index (κ1) is 14.4. The number of rotatable bonds is 5. The molecule has 0 aliphatic heterocycles. The largest absolute Gasteiger partial charge is 0.465 e. The summed E-state index contributed by atoms with van der Waals surface area (Å²) in [6, 6.07) is 6.97. The number of ether oxygens (including phenoxy) is 1. The molecule has 1 rings (SSSR count). The molecule has 0 fully saturated rings. The Morgan fingerprint density at radius 3 is 2.28 bits per heavy atom. The van der Waals surface area contributed by atoms with Crippen LogP contribution in [0.2, 0.25) is 0 Å². The molecule has 2 unspecified atom stereocenters. The fourth-order valence-corrected chi connectivity index (χ4v) is 1.93. The molecule has 2 atom stereocenters. The van der Waals surface area contributed by atoms with Crippen LogP contribution in [0, 0.1) is 0 Å². The van der Waals surface area contributed by atoms with Crippen LogP contribution in [0.1, 0.15) is 43.9 Å². The zero-order valence-corrected chi connectivity index (χ0v) is 11.0. The summed E-state index contributed by atoms with van der Waals surface area (Å²) < 4.78 is 4.95. The number of Topliss-reactive ketones (excluding diaryl/α,β-unsaturated/α-hetero) is 1. The summed E-state index contributed by atoms with van der Waals surface area (Å²) in [5, 5.41) is 0. The van der Waals surface area contributed by atoms with Crippen LogP contribution in [0.15, 0.2) is 24.3 Å². The molecule has 4 nitrogen and oxygen atoms in total. The van der Waals surface area contributed by atoms with Crippen molar-refractivity contribution in [1.29, 1.82) is 0 Å². The zero-order chi connectivity index (χ0) is 13.7. The molecule has 0 saturated carbocycles. The van der Waals surface area contributed by atoms with Gasteiger partial charge < -0.3 is 10.5 Å². The third-order valence-corrected chi connectivity index (χ3v) is 2.73. The number of ketones is 1. The summed E-state index contributed by atoms with van der Waals surface area (Å²) in [7, 11) is 0. The molecular weight excluding hydrogens is 230 g/mol. The molecule has 0 heterocycles. The third kappa shape index (κ3) is 3.17. The Hall–Kier alpha value is -1.68. The Morgan fingerprint density at radius 1 is 1.28 bits per heavy atom. The fourth-order valence-electron chi connectivity index (χ4n) is 1.93. The van der Waals surface area contributed by atoms with E-state index in [0.717, 1.165) is 5.56 Å². The van der Waals surface area contributed by atoms with Crippen LogP contribution in [0.3, 0.4) is 0 Å². The Bertz CT molecular complexity index is 440. The number of hydrogen-bond donors (Lipinski definition) is 1. The topological polar surface area (TPSA) is 69.4 Å². The van der Waals surface area contributed by atoms with Gasteiger partial charge in [0.25, 0.3) is 0 Å². The number of benzene rings is 1. The van der Waals surface area contributed by atoms with Gasteiger partial charge in [0.1, 0.15) is 11.7 Å². The Labute approximate surface area is 107 Å². The number of esters is 1. The van der Waals surface area contributed by atoms with Crippen LogP contribution in [-0.2, 0) is 14.3 Å². The second-order valence-electron chi connectivity index (χ2n) is 4.21. The van der Waals surface area contributed by atoms with E-state index < -0.39 is 11.9 Å². The number of hydrogen-bond acceptors (Lipinski definition) is 4. The van der Waals surface area contributed by atoms with Crippen molar-refractivity contribution < 1.29 is 14.3 Å². The maximum absolute atomic E-state index is 11.9. The van der Waals surface area contributed by atoms with Crippen molar-refractivity contribution in [3.63, 3.8) is 0 Å². The minimum atomic E-state index is -0.882. The van der Waals surface area contributed by atoms with Crippen LogP contribution >= 0.6 is 0 Å². The van der Waals surface area contributed by atoms with E-state index in [1.807, 2.05) is 19.1 Å². The second kappa shape index (κ2) is 6.31.